The third-order valence-electron chi connectivity index (χ3n) is 3.37. The van der Waals surface area contributed by atoms with Gasteiger partial charge >= 0.3 is 0 Å². The van der Waals surface area contributed by atoms with Gasteiger partial charge in [-0.3, -0.25) is 4.79 Å². The summed E-state index contributed by atoms with van der Waals surface area (Å²) in [7, 11) is 0. The number of carbonyl (C=O) groups is 1. The number of nitrogens with zero attached hydrogens (tertiary/aromatic N) is 1. The highest BCUT2D eigenvalue weighted by atomic mass is 32.2. The highest BCUT2D eigenvalue weighted by Gasteiger charge is 2.26. The average Bonchev–Trinajstić information content (AvgIpc) is 2.32. The van der Waals surface area contributed by atoms with Gasteiger partial charge in [-0.15, -0.1) is 0 Å². The smallest absolute Gasteiger partial charge is 0.223 e. The minimum Gasteiger partial charge on any atom is -0.391 e. The van der Waals surface area contributed by atoms with Crippen molar-refractivity contribution in [2.24, 2.45) is 5.92 Å². The summed E-state index contributed by atoms with van der Waals surface area (Å²) >= 11 is 1.86. The summed E-state index contributed by atoms with van der Waals surface area (Å²) in [6, 6.07) is 0. The van der Waals surface area contributed by atoms with E-state index in [0.717, 1.165) is 24.5 Å². The van der Waals surface area contributed by atoms with Crippen LogP contribution in [0.3, 0.4) is 0 Å². The third-order valence-corrected chi connectivity index (χ3v) is 4.44. The van der Waals surface area contributed by atoms with E-state index in [1.165, 1.54) is 12.8 Å². The molecule has 0 spiro atoms. The van der Waals surface area contributed by atoms with Gasteiger partial charge in [0.25, 0.3) is 0 Å². The van der Waals surface area contributed by atoms with Crippen molar-refractivity contribution in [2.45, 2.75) is 45.6 Å². The van der Waals surface area contributed by atoms with Crippen LogP contribution in [0.25, 0.3) is 0 Å². The number of rotatable bonds is 6. The van der Waals surface area contributed by atoms with Crippen LogP contribution >= 0.6 is 11.8 Å². The Morgan fingerprint density at radius 3 is 2.88 bits per heavy atom. The van der Waals surface area contributed by atoms with Crippen molar-refractivity contribution < 1.29 is 9.90 Å². The largest absolute Gasteiger partial charge is 0.391 e. The molecule has 2 unspecified atom stereocenters. The molecule has 0 radical (unpaired) electrons. The van der Waals surface area contributed by atoms with Crippen LogP contribution in [0.15, 0.2) is 0 Å². The summed E-state index contributed by atoms with van der Waals surface area (Å²) in [5.74, 6) is 2.61. The Balaban J connectivity index is 2.15. The standard InChI is InChI=1S/C13H25NO2S/c1-3-4-8-17-9-6-13(16)14-7-5-11(2)12(15)10-14/h11-12,15H,3-10H2,1-2H3. The van der Waals surface area contributed by atoms with E-state index < -0.39 is 0 Å². The second-order valence-electron chi connectivity index (χ2n) is 4.89. The quantitative estimate of drug-likeness (QED) is 0.743. The summed E-state index contributed by atoms with van der Waals surface area (Å²) < 4.78 is 0. The molecule has 1 fully saturated rings. The van der Waals surface area contributed by atoms with Crippen molar-refractivity contribution in [1.29, 1.82) is 0 Å². The number of carbonyl (C=O) groups excluding carboxylic acids is 1. The van der Waals surface area contributed by atoms with Crippen molar-refractivity contribution in [1.82, 2.24) is 4.90 Å². The number of aliphatic hydroxyl groups is 1. The van der Waals surface area contributed by atoms with Crippen molar-refractivity contribution >= 4 is 17.7 Å². The van der Waals surface area contributed by atoms with Crippen molar-refractivity contribution in [2.75, 3.05) is 24.6 Å². The fraction of sp³-hybridized carbons (Fsp3) is 0.923. The fourth-order valence-corrected chi connectivity index (χ4v) is 2.96. The van der Waals surface area contributed by atoms with Gasteiger partial charge in [-0.25, -0.2) is 0 Å². The maximum absolute atomic E-state index is 11.9. The second-order valence-corrected chi connectivity index (χ2v) is 6.11. The zero-order valence-electron chi connectivity index (χ0n) is 11.0. The van der Waals surface area contributed by atoms with Crippen molar-refractivity contribution in [3.63, 3.8) is 0 Å². The van der Waals surface area contributed by atoms with Crippen LogP contribution in [0, 0.1) is 5.92 Å². The molecule has 1 amide bonds. The highest BCUT2D eigenvalue weighted by Crippen LogP contribution is 2.18. The van der Waals surface area contributed by atoms with Gasteiger partial charge in [0, 0.05) is 25.3 Å². The molecular formula is C13H25NO2S. The minimum atomic E-state index is -0.333. The zero-order chi connectivity index (χ0) is 12.7. The molecule has 0 aliphatic carbocycles. The minimum absolute atomic E-state index is 0.208. The number of likely N-dealkylation sites (tertiary alicyclic amines) is 1. The lowest BCUT2D eigenvalue weighted by atomic mass is 9.96. The number of amides is 1. The Morgan fingerprint density at radius 2 is 2.24 bits per heavy atom. The van der Waals surface area contributed by atoms with Gasteiger partial charge in [0.1, 0.15) is 0 Å². The topological polar surface area (TPSA) is 40.5 Å². The molecule has 1 N–H and O–H groups in total. The average molecular weight is 259 g/mol. The maximum atomic E-state index is 11.9. The number of hydrogen-bond acceptors (Lipinski definition) is 3. The summed E-state index contributed by atoms with van der Waals surface area (Å²) in [5, 5.41) is 9.74. The molecule has 17 heavy (non-hydrogen) atoms. The maximum Gasteiger partial charge on any atom is 0.223 e. The van der Waals surface area contributed by atoms with Gasteiger partial charge in [0.2, 0.25) is 5.91 Å². The number of aliphatic hydroxyl groups excluding tert-OH is 1. The lowest BCUT2D eigenvalue weighted by Crippen LogP contribution is -2.45. The van der Waals surface area contributed by atoms with Crippen LogP contribution in [-0.2, 0) is 4.79 Å². The summed E-state index contributed by atoms with van der Waals surface area (Å²) in [6.45, 7) is 5.57. The van der Waals surface area contributed by atoms with Crippen LogP contribution in [-0.4, -0.2) is 46.6 Å². The number of β-amino-alcohol motifs (C(OH)–C–C–N with tert-alkyl or cyclic N) is 1. The van der Waals surface area contributed by atoms with Gasteiger partial charge in [-0.05, 0) is 24.5 Å². The predicted octanol–water partition coefficient (Wildman–Crippen LogP) is 2.14. The van der Waals surface area contributed by atoms with Gasteiger partial charge < -0.3 is 10.0 Å². The molecule has 0 aromatic rings. The van der Waals surface area contributed by atoms with Crippen LogP contribution < -0.4 is 0 Å². The molecule has 0 saturated carbocycles. The first-order valence-electron chi connectivity index (χ1n) is 6.68. The Morgan fingerprint density at radius 1 is 1.47 bits per heavy atom. The molecule has 4 heteroatoms. The molecule has 3 nitrogen and oxygen atoms in total. The van der Waals surface area contributed by atoms with E-state index in [2.05, 4.69) is 6.92 Å². The Kier molecular flexibility index (Phi) is 6.97. The predicted molar refractivity (Wildman–Crippen MR) is 73.2 cm³/mol. The van der Waals surface area contributed by atoms with E-state index in [4.69, 9.17) is 0 Å². The van der Waals surface area contributed by atoms with E-state index >= 15 is 0 Å². The summed E-state index contributed by atoms with van der Waals surface area (Å²) in [6.07, 6.45) is 3.67. The van der Waals surface area contributed by atoms with Crippen molar-refractivity contribution in [3.05, 3.63) is 0 Å². The third kappa shape index (κ3) is 5.30. The fourth-order valence-electron chi connectivity index (χ4n) is 1.94. The lowest BCUT2D eigenvalue weighted by Gasteiger charge is -2.34. The van der Waals surface area contributed by atoms with E-state index in [9.17, 15) is 9.90 Å². The Labute approximate surface area is 109 Å². The van der Waals surface area contributed by atoms with Gasteiger partial charge in [-0.2, -0.15) is 11.8 Å². The Hall–Kier alpha value is -0.220. The summed E-state index contributed by atoms with van der Waals surface area (Å²) in [4.78, 5) is 13.7. The van der Waals surface area contributed by atoms with E-state index in [-0.39, 0.29) is 12.0 Å². The molecule has 0 bridgehead atoms. The number of hydrogen-bond donors (Lipinski definition) is 1. The van der Waals surface area contributed by atoms with Crippen LogP contribution in [0.1, 0.15) is 39.5 Å². The summed E-state index contributed by atoms with van der Waals surface area (Å²) in [5.41, 5.74) is 0. The molecule has 0 aromatic carbocycles. The number of thioether (sulfide) groups is 1. The molecule has 0 aromatic heterocycles. The lowest BCUT2D eigenvalue weighted by molar-refractivity contribution is -0.134. The first-order valence-corrected chi connectivity index (χ1v) is 7.84. The van der Waals surface area contributed by atoms with Crippen molar-refractivity contribution in [3.8, 4) is 0 Å². The first kappa shape index (κ1) is 14.8. The molecular weight excluding hydrogens is 234 g/mol. The highest BCUT2D eigenvalue weighted by molar-refractivity contribution is 7.99. The van der Waals surface area contributed by atoms with E-state index in [1.807, 2.05) is 23.6 Å². The SMILES string of the molecule is CCCCSCCC(=O)N1CCC(C)C(O)C1. The normalized spacial score (nSPS) is 25.0. The van der Waals surface area contributed by atoms with Gasteiger partial charge in [-0.1, -0.05) is 20.3 Å². The van der Waals surface area contributed by atoms with Crippen LogP contribution in [0.4, 0.5) is 0 Å². The molecule has 2 atom stereocenters. The van der Waals surface area contributed by atoms with Gasteiger partial charge in [0.05, 0.1) is 6.10 Å². The van der Waals surface area contributed by atoms with E-state index in [1.54, 1.807) is 0 Å². The monoisotopic (exact) mass is 259 g/mol. The zero-order valence-corrected chi connectivity index (χ0v) is 11.8. The molecule has 100 valence electrons. The van der Waals surface area contributed by atoms with Crippen LogP contribution in [0.5, 0.6) is 0 Å². The van der Waals surface area contributed by atoms with Crippen LogP contribution in [0.2, 0.25) is 0 Å². The first-order chi connectivity index (χ1) is 8.15. The molecule has 1 heterocycles. The van der Waals surface area contributed by atoms with E-state index in [0.29, 0.717) is 18.9 Å². The molecule has 1 aliphatic heterocycles. The second kappa shape index (κ2) is 7.98. The number of unbranched alkanes of at least 4 members (excludes halogenated alkanes) is 1. The molecule has 1 rings (SSSR count). The Bertz CT molecular complexity index is 235. The van der Waals surface area contributed by atoms with Gasteiger partial charge in [0.15, 0.2) is 0 Å². The molecule has 1 aliphatic rings. The molecule has 1 saturated heterocycles. The number of piperidine rings is 1.